The summed E-state index contributed by atoms with van der Waals surface area (Å²) in [6.07, 6.45) is 0.885. The van der Waals surface area contributed by atoms with Crippen LogP contribution in [0.15, 0.2) is 35.3 Å². The Bertz CT molecular complexity index is 374. The molecule has 0 aromatic heterocycles. The smallest absolute Gasteiger partial charge is 0.344 e. The molecule has 0 atom stereocenters. The summed E-state index contributed by atoms with van der Waals surface area (Å²) in [5.74, 6) is 0.363. The Balaban J connectivity index is 2.78. The van der Waals surface area contributed by atoms with Gasteiger partial charge in [-0.25, -0.2) is 4.79 Å². The molecule has 0 aliphatic carbocycles. The summed E-state index contributed by atoms with van der Waals surface area (Å²) < 4.78 is 5.37. The van der Waals surface area contributed by atoms with Crippen LogP contribution in [0.1, 0.15) is 25.8 Å². The number of aliphatic imine (C=N–C) groups is 1. The van der Waals surface area contributed by atoms with Gasteiger partial charge in [-0.2, -0.15) is 4.99 Å². The van der Waals surface area contributed by atoms with E-state index in [9.17, 15) is 4.79 Å². The van der Waals surface area contributed by atoms with Gasteiger partial charge in [0.05, 0.1) is 6.61 Å². The van der Waals surface area contributed by atoms with Gasteiger partial charge in [0, 0.05) is 12.1 Å². The lowest BCUT2D eigenvalue weighted by atomic mass is 10.2. The van der Waals surface area contributed by atoms with Crippen molar-refractivity contribution in [1.82, 2.24) is 5.32 Å². The molecule has 92 valence electrons. The maximum absolute atomic E-state index is 11.5. The number of hydrogen-bond donors (Lipinski definition) is 1. The van der Waals surface area contributed by atoms with Crippen molar-refractivity contribution >= 4 is 11.9 Å². The molecule has 1 aromatic rings. The molecule has 0 spiro atoms. The third kappa shape index (κ3) is 4.68. The molecule has 4 nitrogen and oxygen atoms in total. The van der Waals surface area contributed by atoms with Gasteiger partial charge in [-0.3, -0.25) is 0 Å². The second kappa shape index (κ2) is 7.44. The molecule has 2 amide bonds. The number of nitrogens with zero attached hydrogens (tertiary/aromatic N) is 1. The lowest BCUT2D eigenvalue weighted by Gasteiger charge is -2.07. The maximum atomic E-state index is 11.5. The summed E-state index contributed by atoms with van der Waals surface area (Å²) in [5, 5.41) is 2.68. The Labute approximate surface area is 102 Å². The van der Waals surface area contributed by atoms with Crippen molar-refractivity contribution in [2.75, 3.05) is 13.2 Å². The van der Waals surface area contributed by atoms with E-state index in [1.54, 1.807) is 0 Å². The van der Waals surface area contributed by atoms with E-state index in [1.165, 1.54) is 0 Å². The van der Waals surface area contributed by atoms with E-state index in [0.29, 0.717) is 19.0 Å². The minimum atomic E-state index is -0.362. The quantitative estimate of drug-likeness (QED) is 0.643. The molecule has 0 heterocycles. The molecule has 0 unspecified atom stereocenters. The maximum Gasteiger partial charge on any atom is 0.344 e. The third-order valence-corrected chi connectivity index (χ3v) is 2.03. The number of rotatable bonds is 4. The molecule has 17 heavy (non-hydrogen) atoms. The van der Waals surface area contributed by atoms with Crippen molar-refractivity contribution < 1.29 is 9.53 Å². The van der Waals surface area contributed by atoms with E-state index in [0.717, 1.165) is 12.0 Å². The molecule has 1 rings (SSSR count). The fourth-order valence-electron chi connectivity index (χ4n) is 1.26. The summed E-state index contributed by atoms with van der Waals surface area (Å²) in [5.41, 5.74) is 0.806. The van der Waals surface area contributed by atoms with Crippen LogP contribution in [0.25, 0.3) is 0 Å². The van der Waals surface area contributed by atoms with Crippen molar-refractivity contribution in [3.05, 3.63) is 35.9 Å². The molecule has 0 aliphatic heterocycles. The SMILES string of the molecule is CCCNC(=O)N=C(OCC)c1ccccc1. The van der Waals surface area contributed by atoms with Crippen molar-refractivity contribution in [2.45, 2.75) is 20.3 Å². The molecule has 1 aromatic carbocycles. The largest absolute Gasteiger partial charge is 0.477 e. The molecule has 0 fully saturated rings. The zero-order valence-corrected chi connectivity index (χ0v) is 10.3. The van der Waals surface area contributed by atoms with Crippen LogP contribution in [0.5, 0.6) is 0 Å². The summed E-state index contributed by atoms with van der Waals surface area (Å²) >= 11 is 0. The van der Waals surface area contributed by atoms with Crippen LogP contribution in [0.3, 0.4) is 0 Å². The van der Waals surface area contributed by atoms with E-state index in [4.69, 9.17) is 4.74 Å². The lowest BCUT2D eigenvalue weighted by Crippen LogP contribution is -2.22. The van der Waals surface area contributed by atoms with E-state index < -0.39 is 0 Å². The van der Waals surface area contributed by atoms with Gasteiger partial charge < -0.3 is 10.1 Å². The van der Waals surface area contributed by atoms with Crippen molar-refractivity contribution in [3.63, 3.8) is 0 Å². The minimum Gasteiger partial charge on any atom is -0.477 e. The van der Waals surface area contributed by atoms with Crippen molar-refractivity contribution in [1.29, 1.82) is 0 Å². The number of carbonyl (C=O) groups excluding carboxylic acids is 1. The molecular weight excluding hydrogens is 216 g/mol. The Kier molecular flexibility index (Phi) is 5.79. The van der Waals surface area contributed by atoms with E-state index in [1.807, 2.05) is 44.2 Å². The first-order valence-electron chi connectivity index (χ1n) is 5.82. The third-order valence-electron chi connectivity index (χ3n) is 2.03. The number of carbonyl (C=O) groups is 1. The lowest BCUT2D eigenvalue weighted by molar-refractivity contribution is 0.247. The number of hydrogen-bond acceptors (Lipinski definition) is 2. The highest BCUT2D eigenvalue weighted by atomic mass is 16.5. The molecule has 0 aliphatic rings. The summed E-state index contributed by atoms with van der Waals surface area (Å²) in [6.45, 7) is 4.96. The summed E-state index contributed by atoms with van der Waals surface area (Å²) in [6, 6.07) is 9.04. The van der Waals surface area contributed by atoms with Crippen LogP contribution in [0.4, 0.5) is 4.79 Å². The van der Waals surface area contributed by atoms with E-state index in [2.05, 4.69) is 10.3 Å². The van der Waals surface area contributed by atoms with Crippen molar-refractivity contribution in [2.24, 2.45) is 4.99 Å². The normalized spacial score (nSPS) is 11.1. The van der Waals surface area contributed by atoms with Gasteiger partial charge in [0.1, 0.15) is 0 Å². The Morgan fingerprint density at radius 2 is 2.00 bits per heavy atom. The first-order valence-corrected chi connectivity index (χ1v) is 5.82. The van der Waals surface area contributed by atoms with E-state index >= 15 is 0 Å². The average Bonchev–Trinajstić information content (AvgIpc) is 2.37. The number of ether oxygens (including phenoxy) is 1. The second-order valence-corrected chi connectivity index (χ2v) is 3.45. The van der Waals surface area contributed by atoms with Crippen LogP contribution >= 0.6 is 0 Å². The molecule has 0 saturated carbocycles. The number of amides is 2. The van der Waals surface area contributed by atoms with Crippen molar-refractivity contribution in [3.8, 4) is 0 Å². The number of nitrogens with one attached hydrogen (secondary N) is 1. The highest BCUT2D eigenvalue weighted by Gasteiger charge is 2.06. The number of benzene rings is 1. The molecule has 0 bridgehead atoms. The molecule has 0 saturated heterocycles. The van der Waals surface area contributed by atoms with Gasteiger partial charge in [-0.05, 0) is 25.5 Å². The van der Waals surface area contributed by atoms with Gasteiger partial charge in [-0.15, -0.1) is 0 Å². The second-order valence-electron chi connectivity index (χ2n) is 3.45. The number of urea groups is 1. The first kappa shape index (κ1) is 13.2. The Morgan fingerprint density at radius 3 is 2.59 bits per heavy atom. The van der Waals surface area contributed by atoms with Gasteiger partial charge in [-0.1, -0.05) is 25.1 Å². The predicted molar refractivity (Wildman–Crippen MR) is 68.3 cm³/mol. The highest BCUT2D eigenvalue weighted by molar-refractivity contribution is 6.01. The topological polar surface area (TPSA) is 50.7 Å². The highest BCUT2D eigenvalue weighted by Crippen LogP contribution is 2.03. The first-order chi connectivity index (χ1) is 8.27. The predicted octanol–water partition coefficient (Wildman–Crippen LogP) is 2.59. The zero-order valence-electron chi connectivity index (χ0n) is 10.3. The average molecular weight is 234 g/mol. The molecular formula is C13H18N2O2. The summed E-state index contributed by atoms with van der Waals surface area (Å²) in [7, 11) is 0. The van der Waals surface area contributed by atoms with Crippen LogP contribution in [0, 0.1) is 0 Å². The standard InChI is InChI=1S/C13H18N2O2/c1-3-10-14-13(16)15-12(17-4-2)11-8-6-5-7-9-11/h5-9H,3-4,10H2,1-2H3,(H,14,16). The van der Waals surface area contributed by atoms with Gasteiger partial charge in [0.15, 0.2) is 0 Å². The van der Waals surface area contributed by atoms with Crippen LogP contribution in [0.2, 0.25) is 0 Å². The van der Waals surface area contributed by atoms with Crippen LogP contribution in [-0.2, 0) is 4.74 Å². The zero-order chi connectivity index (χ0) is 12.5. The minimum absolute atomic E-state index is 0.362. The Morgan fingerprint density at radius 1 is 1.29 bits per heavy atom. The Hall–Kier alpha value is -1.84. The van der Waals surface area contributed by atoms with Crippen LogP contribution < -0.4 is 5.32 Å². The fraction of sp³-hybridized carbons (Fsp3) is 0.385. The molecule has 1 N–H and O–H groups in total. The molecule has 0 radical (unpaired) electrons. The fourth-order valence-corrected chi connectivity index (χ4v) is 1.26. The van der Waals surface area contributed by atoms with Gasteiger partial charge >= 0.3 is 6.03 Å². The van der Waals surface area contributed by atoms with Gasteiger partial charge in [0.2, 0.25) is 5.90 Å². The van der Waals surface area contributed by atoms with Gasteiger partial charge in [0.25, 0.3) is 0 Å². The van der Waals surface area contributed by atoms with E-state index in [-0.39, 0.29) is 6.03 Å². The van der Waals surface area contributed by atoms with Crippen LogP contribution in [-0.4, -0.2) is 25.1 Å². The molecule has 4 heteroatoms. The summed E-state index contributed by atoms with van der Waals surface area (Å²) in [4.78, 5) is 15.4. The monoisotopic (exact) mass is 234 g/mol.